The molecule has 0 radical (unpaired) electrons. The molecule has 0 saturated heterocycles. The van der Waals surface area contributed by atoms with Crippen LogP contribution in [-0.2, 0) is 10.0 Å². The van der Waals surface area contributed by atoms with Gasteiger partial charge in [-0.1, -0.05) is 20.3 Å². The standard InChI is InChI=1S/C5H13NO2S/c1-3-5(2)4-9(6,7)8/h5H,3-4H2,1-2H3,(H2,6,7,8)/t5-/m1/s1. The molecule has 3 nitrogen and oxygen atoms in total. The molecule has 0 rings (SSSR count). The third-order valence-corrected chi connectivity index (χ3v) is 2.25. The van der Waals surface area contributed by atoms with E-state index in [0.29, 0.717) is 0 Å². The van der Waals surface area contributed by atoms with Gasteiger partial charge >= 0.3 is 0 Å². The first-order valence-electron chi connectivity index (χ1n) is 2.96. The normalized spacial score (nSPS) is 15.4. The van der Waals surface area contributed by atoms with Gasteiger partial charge in [0.05, 0.1) is 5.75 Å². The van der Waals surface area contributed by atoms with Crippen molar-refractivity contribution < 1.29 is 8.42 Å². The maximum Gasteiger partial charge on any atom is 0.209 e. The molecule has 0 fully saturated rings. The molecule has 4 heteroatoms. The summed E-state index contributed by atoms with van der Waals surface area (Å²) in [6.45, 7) is 3.81. The summed E-state index contributed by atoms with van der Waals surface area (Å²) >= 11 is 0. The smallest absolute Gasteiger partial charge is 0.209 e. The van der Waals surface area contributed by atoms with Crippen molar-refractivity contribution in [1.29, 1.82) is 0 Å². The maximum absolute atomic E-state index is 10.4. The van der Waals surface area contributed by atoms with Crippen LogP contribution in [0.5, 0.6) is 0 Å². The predicted octanol–water partition coefficient (Wildman–Crippen LogP) is 0.321. The fraction of sp³-hybridized carbons (Fsp3) is 1.00. The largest absolute Gasteiger partial charge is 0.229 e. The molecule has 2 N–H and O–H groups in total. The molecule has 0 spiro atoms. The minimum Gasteiger partial charge on any atom is -0.229 e. The Labute approximate surface area is 56.3 Å². The van der Waals surface area contributed by atoms with Gasteiger partial charge in [0.1, 0.15) is 0 Å². The Hall–Kier alpha value is -0.0900. The molecule has 0 saturated carbocycles. The topological polar surface area (TPSA) is 60.2 Å². The van der Waals surface area contributed by atoms with Gasteiger partial charge in [0.25, 0.3) is 0 Å². The highest BCUT2D eigenvalue weighted by Gasteiger charge is 2.07. The lowest BCUT2D eigenvalue weighted by Crippen LogP contribution is -2.20. The zero-order valence-electron chi connectivity index (χ0n) is 5.79. The molecule has 0 aliphatic rings. The lowest BCUT2D eigenvalue weighted by atomic mass is 10.2. The number of primary sulfonamides is 1. The van der Waals surface area contributed by atoms with Crippen LogP contribution in [0.1, 0.15) is 20.3 Å². The molecule has 0 heterocycles. The third-order valence-electron chi connectivity index (χ3n) is 1.21. The summed E-state index contributed by atoms with van der Waals surface area (Å²) in [6.07, 6.45) is 0.858. The summed E-state index contributed by atoms with van der Waals surface area (Å²) in [5, 5.41) is 4.78. The fourth-order valence-electron chi connectivity index (χ4n) is 0.514. The van der Waals surface area contributed by atoms with Crippen molar-refractivity contribution in [3.63, 3.8) is 0 Å². The van der Waals surface area contributed by atoms with Gasteiger partial charge in [-0.05, 0) is 5.92 Å². The zero-order valence-corrected chi connectivity index (χ0v) is 6.61. The van der Waals surface area contributed by atoms with E-state index in [2.05, 4.69) is 0 Å². The van der Waals surface area contributed by atoms with Gasteiger partial charge in [-0.2, -0.15) is 0 Å². The van der Waals surface area contributed by atoms with Crippen LogP contribution < -0.4 is 5.14 Å². The van der Waals surface area contributed by atoms with Crippen LogP contribution in [0.25, 0.3) is 0 Å². The summed E-state index contributed by atoms with van der Waals surface area (Å²) in [5.41, 5.74) is 0. The van der Waals surface area contributed by atoms with E-state index in [1.54, 1.807) is 0 Å². The Kier molecular flexibility index (Phi) is 3.14. The summed E-state index contributed by atoms with van der Waals surface area (Å²) < 4.78 is 20.8. The highest BCUT2D eigenvalue weighted by atomic mass is 32.2. The van der Waals surface area contributed by atoms with Crippen LogP contribution in [0.4, 0.5) is 0 Å². The van der Waals surface area contributed by atoms with Gasteiger partial charge in [0, 0.05) is 0 Å². The second-order valence-electron chi connectivity index (χ2n) is 2.34. The van der Waals surface area contributed by atoms with Crippen LogP contribution in [0.2, 0.25) is 0 Å². The van der Waals surface area contributed by atoms with Crippen LogP contribution in [0.15, 0.2) is 0 Å². The summed E-state index contributed by atoms with van der Waals surface area (Å²) in [7, 11) is -3.24. The van der Waals surface area contributed by atoms with Crippen molar-refractivity contribution >= 4 is 10.0 Å². The third kappa shape index (κ3) is 5.79. The molecule has 0 aromatic rings. The van der Waals surface area contributed by atoms with Gasteiger partial charge in [-0.25, -0.2) is 13.6 Å². The fourth-order valence-corrected chi connectivity index (χ4v) is 1.54. The van der Waals surface area contributed by atoms with Crippen LogP contribution in [-0.4, -0.2) is 14.2 Å². The highest BCUT2D eigenvalue weighted by molar-refractivity contribution is 7.89. The van der Waals surface area contributed by atoms with Gasteiger partial charge < -0.3 is 0 Å². The van der Waals surface area contributed by atoms with Gasteiger partial charge in [0.2, 0.25) is 10.0 Å². The zero-order chi connectivity index (χ0) is 7.49. The van der Waals surface area contributed by atoms with E-state index in [4.69, 9.17) is 5.14 Å². The predicted molar refractivity (Wildman–Crippen MR) is 37.4 cm³/mol. The van der Waals surface area contributed by atoms with Crippen LogP contribution in [0, 0.1) is 5.92 Å². The SMILES string of the molecule is CC[C@@H](C)CS(N)(=O)=O. The highest BCUT2D eigenvalue weighted by Crippen LogP contribution is 2.01. The van der Waals surface area contributed by atoms with Crippen molar-refractivity contribution in [3.05, 3.63) is 0 Å². The molecule has 0 bridgehead atoms. The molecular formula is C5H13NO2S. The first kappa shape index (κ1) is 8.91. The Balaban J connectivity index is 3.75. The molecule has 0 aliphatic heterocycles. The second kappa shape index (κ2) is 3.17. The van der Waals surface area contributed by atoms with Gasteiger partial charge in [0.15, 0.2) is 0 Å². The van der Waals surface area contributed by atoms with E-state index in [-0.39, 0.29) is 11.7 Å². The van der Waals surface area contributed by atoms with Crippen LogP contribution >= 0.6 is 0 Å². The minimum atomic E-state index is -3.24. The monoisotopic (exact) mass is 151 g/mol. The molecule has 0 aromatic heterocycles. The Morgan fingerprint density at radius 3 is 2.11 bits per heavy atom. The van der Waals surface area contributed by atoms with Crippen molar-refractivity contribution in [2.75, 3.05) is 5.75 Å². The van der Waals surface area contributed by atoms with Gasteiger partial charge in [-0.15, -0.1) is 0 Å². The van der Waals surface area contributed by atoms with Gasteiger partial charge in [-0.3, -0.25) is 0 Å². The summed E-state index contributed by atoms with van der Waals surface area (Å²) in [6, 6.07) is 0. The van der Waals surface area contributed by atoms with Crippen molar-refractivity contribution in [3.8, 4) is 0 Å². The second-order valence-corrected chi connectivity index (χ2v) is 4.00. The number of hydrogen-bond donors (Lipinski definition) is 1. The molecule has 0 unspecified atom stereocenters. The van der Waals surface area contributed by atoms with Crippen molar-refractivity contribution in [2.45, 2.75) is 20.3 Å². The first-order chi connectivity index (χ1) is 3.95. The number of hydrogen-bond acceptors (Lipinski definition) is 2. The minimum absolute atomic E-state index is 0.101. The Bertz CT molecular complexity index is 162. The maximum atomic E-state index is 10.4. The molecule has 56 valence electrons. The van der Waals surface area contributed by atoms with Crippen molar-refractivity contribution in [2.24, 2.45) is 11.1 Å². The van der Waals surface area contributed by atoms with Crippen molar-refractivity contribution in [1.82, 2.24) is 0 Å². The van der Waals surface area contributed by atoms with E-state index in [1.807, 2.05) is 13.8 Å². The van der Waals surface area contributed by atoms with Crippen LogP contribution in [0.3, 0.4) is 0 Å². The molecular weight excluding hydrogens is 138 g/mol. The Morgan fingerprint density at radius 2 is 2.00 bits per heavy atom. The molecule has 1 atom stereocenters. The average Bonchev–Trinajstić information content (AvgIpc) is 1.62. The van der Waals surface area contributed by atoms with E-state index >= 15 is 0 Å². The average molecular weight is 151 g/mol. The lowest BCUT2D eigenvalue weighted by molar-refractivity contribution is 0.565. The summed E-state index contributed by atoms with van der Waals surface area (Å²) in [4.78, 5) is 0. The Morgan fingerprint density at radius 1 is 1.56 bits per heavy atom. The van der Waals surface area contributed by atoms with E-state index in [9.17, 15) is 8.42 Å². The van der Waals surface area contributed by atoms with E-state index in [1.165, 1.54) is 0 Å². The first-order valence-corrected chi connectivity index (χ1v) is 4.67. The molecule has 0 aliphatic carbocycles. The molecule has 0 aromatic carbocycles. The number of rotatable bonds is 3. The van der Waals surface area contributed by atoms with E-state index < -0.39 is 10.0 Å². The molecule has 9 heavy (non-hydrogen) atoms. The summed E-state index contributed by atoms with van der Waals surface area (Å²) in [5.74, 6) is 0.281. The molecule has 0 amide bonds. The quantitative estimate of drug-likeness (QED) is 0.631. The lowest BCUT2D eigenvalue weighted by Gasteiger charge is -2.03. The number of nitrogens with two attached hydrogens (primary N) is 1. The van der Waals surface area contributed by atoms with E-state index in [0.717, 1.165) is 6.42 Å². The number of sulfonamides is 1.